The van der Waals surface area contributed by atoms with E-state index in [1.807, 2.05) is 86.0 Å². The van der Waals surface area contributed by atoms with Crippen molar-refractivity contribution in [2.75, 3.05) is 5.75 Å². The second-order valence-electron chi connectivity index (χ2n) is 6.72. The zero-order valence-electron chi connectivity index (χ0n) is 15.0. The molecule has 0 amide bonds. The monoisotopic (exact) mass is 367 g/mol. The lowest BCUT2D eigenvalue weighted by Crippen LogP contribution is -2.25. The van der Waals surface area contributed by atoms with E-state index < -0.39 is 5.60 Å². The van der Waals surface area contributed by atoms with Gasteiger partial charge in [-0.25, -0.2) is 0 Å². The number of esters is 1. The van der Waals surface area contributed by atoms with E-state index in [1.165, 1.54) is 11.8 Å². The molecule has 26 heavy (non-hydrogen) atoms. The average Bonchev–Trinajstić information content (AvgIpc) is 3.04. The minimum atomic E-state index is -0.500. The maximum absolute atomic E-state index is 12.1. The molecule has 3 rings (SSSR count). The molecule has 0 radical (unpaired) electrons. The number of benzene rings is 2. The van der Waals surface area contributed by atoms with Crippen LogP contribution in [0.1, 0.15) is 20.8 Å². The Morgan fingerprint density at radius 3 is 2.23 bits per heavy atom. The smallest absolute Gasteiger partial charge is 0.316 e. The normalized spacial score (nSPS) is 11.3. The molecule has 5 nitrogen and oxygen atoms in total. The number of carbonyl (C=O) groups excluding carboxylic acids is 1. The van der Waals surface area contributed by atoms with E-state index in [0.29, 0.717) is 5.16 Å². The maximum atomic E-state index is 12.1. The first-order chi connectivity index (χ1) is 12.4. The minimum Gasteiger partial charge on any atom is -0.459 e. The van der Waals surface area contributed by atoms with Gasteiger partial charge in [0.15, 0.2) is 11.0 Å². The Bertz CT molecular complexity index is 871. The van der Waals surface area contributed by atoms with Crippen molar-refractivity contribution in [3.63, 3.8) is 0 Å². The van der Waals surface area contributed by atoms with Crippen molar-refractivity contribution in [1.82, 2.24) is 14.8 Å². The summed E-state index contributed by atoms with van der Waals surface area (Å²) in [6.45, 7) is 5.57. The van der Waals surface area contributed by atoms with Gasteiger partial charge in [-0.1, -0.05) is 60.3 Å². The van der Waals surface area contributed by atoms with Gasteiger partial charge in [0.2, 0.25) is 0 Å². The van der Waals surface area contributed by atoms with Gasteiger partial charge in [0, 0.05) is 11.3 Å². The number of ether oxygens (including phenoxy) is 1. The molecule has 0 spiro atoms. The lowest BCUT2D eigenvalue weighted by molar-refractivity contribution is -0.151. The van der Waals surface area contributed by atoms with Crippen LogP contribution in [0.4, 0.5) is 0 Å². The van der Waals surface area contributed by atoms with Crippen LogP contribution in [0.3, 0.4) is 0 Å². The van der Waals surface area contributed by atoms with Gasteiger partial charge in [0.25, 0.3) is 0 Å². The van der Waals surface area contributed by atoms with Crippen LogP contribution >= 0.6 is 11.8 Å². The van der Waals surface area contributed by atoms with Crippen molar-refractivity contribution >= 4 is 17.7 Å². The molecule has 0 aliphatic carbocycles. The standard InChI is InChI=1S/C20H21N3O2S/c1-20(2,3)25-17(24)14-26-19-22-21-18(15-10-6-4-7-11-15)23(19)16-12-8-5-9-13-16/h4-13H,14H2,1-3H3. The molecular weight excluding hydrogens is 346 g/mol. The number of thioether (sulfide) groups is 1. The molecular formula is C20H21N3O2S. The molecule has 0 saturated carbocycles. The Balaban J connectivity index is 1.91. The number of hydrogen-bond donors (Lipinski definition) is 0. The van der Waals surface area contributed by atoms with Crippen molar-refractivity contribution in [3.05, 3.63) is 60.7 Å². The van der Waals surface area contributed by atoms with Crippen molar-refractivity contribution in [1.29, 1.82) is 0 Å². The molecule has 0 fully saturated rings. The van der Waals surface area contributed by atoms with Crippen LogP contribution in [0.25, 0.3) is 17.1 Å². The molecule has 2 aromatic carbocycles. The average molecular weight is 367 g/mol. The molecule has 134 valence electrons. The number of aromatic nitrogens is 3. The fourth-order valence-corrected chi connectivity index (χ4v) is 3.17. The first kappa shape index (κ1) is 18.2. The summed E-state index contributed by atoms with van der Waals surface area (Å²) in [7, 11) is 0. The Morgan fingerprint density at radius 1 is 1.00 bits per heavy atom. The summed E-state index contributed by atoms with van der Waals surface area (Å²) in [4.78, 5) is 12.1. The molecule has 3 aromatic rings. The largest absolute Gasteiger partial charge is 0.459 e. The number of rotatable bonds is 5. The van der Waals surface area contributed by atoms with Crippen LogP contribution in [0, 0.1) is 0 Å². The number of nitrogens with zero attached hydrogens (tertiary/aromatic N) is 3. The molecule has 1 aromatic heterocycles. The Kier molecular flexibility index (Phi) is 5.42. The highest BCUT2D eigenvalue weighted by atomic mass is 32.2. The zero-order chi connectivity index (χ0) is 18.6. The highest BCUT2D eigenvalue weighted by Crippen LogP contribution is 2.28. The molecule has 0 N–H and O–H groups in total. The summed E-state index contributed by atoms with van der Waals surface area (Å²) in [5.74, 6) is 0.645. The highest BCUT2D eigenvalue weighted by Gasteiger charge is 2.20. The molecule has 0 unspecified atom stereocenters. The summed E-state index contributed by atoms with van der Waals surface area (Å²) in [5.41, 5.74) is 1.41. The van der Waals surface area contributed by atoms with Crippen LogP contribution < -0.4 is 0 Å². The molecule has 0 atom stereocenters. The van der Waals surface area contributed by atoms with Gasteiger partial charge < -0.3 is 4.74 Å². The van der Waals surface area contributed by atoms with Crippen molar-refractivity contribution in [2.45, 2.75) is 31.5 Å². The Labute approximate surface area is 157 Å². The third-order valence-electron chi connectivity index (χ3n) is 3.42. The SMILES string of the molecule is CC(C)(C)OC(=O)CSc1nnc(-c2ccccc2)n1-c1ccccc1. The predicted octanol–water partition coefficient (Wildman–Crippen LogP) is 4.37. The van der Waals surface area contributed by atoms with Crippen LogP contribution in [0.2, 0.25) is 0 Å². The minimum absolute atomic E-state index is 0.178. The fraction of sp³-hybridized carbons (Fsp3) is 0.250. The summed E-state index contributed by atoms with van der Waals surface area (Å²) in [6.07, 6.45) is 0. The Hall–Kier alpha value is -2.60. The van der Waals surface area contributed by atoms with E-state index in [9.17, 15) is 4.79 Å². The summed E-state index contributed by atoms with van der Waals surface area (Å²) in [5, 5.41) is 9.31. The lowest BCUT2D eigenvalue weighted by atomic mass is 10.2. The van der Waals surface area contributed by atoms with Crippen molar-refractivity contribution < 1.29 is 9.53 Å². The number of hydrogen-bond acceptors (Lipinski definition) is 5. The van der Waals surface area contributed by atoms with E-state index in [4.69, 9.17) is 4.74 Å². The topological polar surface area (TPSA) is 57.0 Å². The molecule has 0 saturated heterocycles. The van der Waals surface area contributed by atoms with E-state index in [-0.39, 0.29) is 11.7 Å². The number of para-hydroxylation sites is 1. The van der Waals surface area contributed by atoms with E-state index >= 15 is 0 Å². The van der Waals surface area contributed by atoms with Crippen LogP contribution in [-0.4, -0.2) is 32.1 Å². The van der Waals surface area contributed by atoms with Crippen LogP contribution in [0.5, 0.6) is 0 Å². The van der Waals surface area contributed by atoms with Gasteiger partial charge in [0.1, 0.15) is 5.60 Å². The second-order valence-corrected chi connectivity index (χ2v) is 7.66. The number of carbonyl (C=O) groups is 1. The van der Waals surface area contributed by atoms with Gasteiger partial charge >= 0.3 is 5.97 Å². The lowest BCUT2D eigenvalue weighted by Gasteiger charge is -2.19. The third kappa shape index (κ3) is 4.52. The predicted molar refractivity (Wildman–Crippen MR) is 103 cm³/mol. The fourth-order valence-electron chi connectivity index (χ4n) is 2.44. The van der Waals surface area contributed by atoms with E-state index in [2.05, 4.69) is 10.2 Å². The molecule has 0 aliphatic rings. The van der Waals surface area contributed by atoms with Crippen LogP contribution in [0.15, 0.2) is 65.8 Å². The summed E-state index contributed by atoms with van der Waals surface area (Å²) < 4.78 is 7.34. The van der Waals surface area contributed by atoms with Gasteiger partial charge in [-0.2, -0.15) is 0 Å². The Morgan fingerprint density at radius 2 is 1.62 bits per heavy atom. The van der Waals surface area contributed by atoms with Gasteiger partial charge in [-0.3, -0.25) is 9.36 Å². The quantitative estimate of drug-likeness (QED) is 0.495. The first-order valence-corrected chi connectivity index (χ1v) is 9.33. The van der Waals surface area contributed by atoms with Crippen LogP contribution in [-0.2, 0) is 9.53 Å². The molecule has 6 heteroatoms. The van der Waals surface area contributed by atoms with Gasteiger partial charge in [0.05, 0.1) is 5.75 Å². The summed E-state index contributed by atoms with van der Waals surface area (Å²) >= 11 is 1.32. The molecule has 1 heterocycles. The maximum Gasteiger partial charge on any atom is 0.316 e. The van der Waals surface area contributed by atoms with Gasteiger partial charge in [-0.05, 0) is 32.9 Å². The van der Waals surface area contributed by atoms with Crippen molar-refractivity contribution in [2.24, 2.45) is 0 Å². The second kappa shape index (κ2) is 7.74. The zero-order valence-corrected chi connectivity index (χ0v) is 15.9. The van der Waals surface area contributed by atoms with Crippen molar-refractivity contribution in [3.8, 4) is 17.1 Å². The van der Waals surface area contributed by atoms with E-state index in [1.54, 1.807) is 0 Å². The first-order valence-electron chi connectivity index (χ1n) is 8.35. The summed E-state index contributed by atoms with van der Waals surface area (Å²) in [6, 6.07) is 19.8. The molecule has 0 aliphatic heterocycles. The van der Waals surface area contributed by atoms with Gasteiger partial charge in [-0.15, -0.1) is 10.2 Å². The highest BCUT2D eigenvalue weighted by molar-refractivity contribution is 7.99. The molecule has 0 bridgehead atoms. The third-order valence-corrected chi connectivity index (χ3v) is 4.32. The van der Waals surface area contributed by atoms with E-state index in [0.717, 1.165) is 17.1 Å².